The molecular weight excluding hydrogens is 328 g/mol. The molecule has 1 aromatic carbocycles. The zero-order valence-corrected chi connectivity index (χ0v) is 14.7. The molecule has 2 heterocycles. The van der Waals surface area contributed by atoms with Crippen LogP contribution in [-0.2, 0) is 11.2 Å². The molecule has 0 saturated heterocycles. The average molecular weight is 348 g/mol. The van der Waals surface area contributed by atoms with Crippen LogP contribution in [-0.4, -0.2) is 26.9 Å². The van der Waals surface area contributed by atoms with E-state index in [2.05, 4.69) is 44.5 Å². The van der Waals surface area contributed by atoms with Gasteiger partial charge in [-0.1, -0.05) is 24.3 Å². The van der Waals surface area contributed by atoms with Gasteiger partial charge < -0.3 is 10.1 Å². The molecule has 0 radical (unpaired) electrons. The van der Waals surface area contributed by atoms with Crippen LogP contribution in [0.3, 0.4) is 0 Å². The minimum atomic E-state index is -0.00966. The van der Waals surface area contributed by atoms with Crippen molar-refractivity contribution in [3.05, 3.63) is 66.9 Å². The van der Waals surface area contributed by atoms with Crippen molar-refractivity contribution < 1.29 is 9.53 Å². The molecule has 1 amide bonds. The fraction of sp³-hybridized carbons (Fsp3) is 0.200. The van der Waals surface area contributed by atoms with Crippen LogP contribution in [0.4, 0.5) is 0 Å². The summed E-state index contributed by atoms with van der Waals surface area (Å²) in [5.74, 6) is 1.03. The molecule has 0 spiro atoms. The summed E-state index contributed by atoms with van der Waals surface area (Å²) in [5, 5.41) is 2.89. The number of hydrogen-bond acceptors (Lipinski definition) is 5. The number of ether oxygens (including phenoxy) is 1. The van der Waals surface area contributed by atoms with Crippen molar-refractivity contribution >= 4 is 5.91 Å². The van der Waals surface area contributed by atoms with E-state index in [1.54, 1.807) is 18.6 Å². The second-order valence-corrected chi connectivity index (χ2v) is 6.06. The van der Waals surface area contributed by atoms with Gasteiger partial charge in [0.25, 0.3) is 0 Å². The van der Waals surface area contributed by atoms with Crippen LogP contribution in [0.2, 0.25) is 0 Å². The van der Waals surface area contributed by atoms with Crippen LogP contribution in [0.1, 0.15) is 19.4 Å². The Hall–Kier alpha value is -3.28. The zero-order valence-electron chi connectivity index (χ0n) is 14.7. The summed E-state index contributed by atoms with van der Waals surface area (Å²) in [6, 6.07) is 12.1. The van der Waals surface area contributed by atoms with Crippen molar-refractivity contribution in [2.75, 3.05) is 0 Å². The molecule has 6 nitrogen and oxygen atoms in total. The highest BCUT2D eigenvalue weighted by atomic mass is 16.5. The standard InChI is InChI=1S/C20H20N4O2/c1-14(24-15(2)25)9-16-3-5-17(6-4-16)18-7-8-20(23-10-18)26-19-11-21-13-22-12-19/h3-8,10-14H,9H2,1-2H3,(H,24,25). The van der Waals surface area contributed by atoms with E-state index in [0.29, 0.717) is 11.6 Å². The number of carbonyl (C=O) groups is 1. The molecule has 0 saturated carbocycles. The van der Waals surface area contributed by atoms with Crippen LogP contribution >= 0.6 is 0 Å². The lowest BCUT2D eigenvalue weighted by Crippen LogP contribution is -2.31. The fourth-order valence-electron chi connectivity index (χ4n) is 2.66. The molecule has 0 fully saturated rings. The summed E-state index contributed by atoms with van der Waals surface area (Å²) >= 11 is 0. The first kappa shape index (κ1) is 17.5. The number of carbonyl (C=O) groups excluding carboxylic acids is 1. The first-order valence-electron chi connectivity index (χ1n) is 8.35. The van der Waals surface area contributed by atoms with Crippen LogP contribution in [0.5, 0.6) is 11.6 Å². The second-order valence-electron chi connectivity index (χ2n) is 6.06. The van der Waals surface area contributed by atoms with Crippen molar-refractivity contribution in [1.29, 1.82) is 0 Å². The van der Waals surface area contributed by atoms with E-state index in [0.717, 1.165) is 17.5 Å². The van der Waals surface area contributed by atoms with Gasteiger partial charge in [-0.25, -0.2) is 15.0 Å². The maximum Gasteiger partial charge on any atom is 0.219 e. The first-order chi connectivity index (χ1) is 12.6. The van der Waals surface area contributed by atoms with Crippen LogP contribution < -0.4 is 10.1 Å². The number of nitrogens with one attached hydrogen (secondary N) is 1. The fourth-order valence-corrected chi connectivity index (χ4v) is 2.66. The third-order valence-electron chi connectivity index (χ3n) is 3.77. The van der Waals surface area contributed by atoms with Crippen molar-refractivity contribution in [1.82, 2.24) is 20.3 Å². The molecule has 0 aliphatic heterocycles. The van der Waals surface area contributed by atoms with Gasteiger partial charge in [0.15, 0.2) is 5.75 Å². The Balaban J connectivity index is 1.64. The van der Waals surface area contributed by atoms with Crippen LogP contribution in [0, 0.1) is 0 Å². The van der Waals surface area contributed by atoms with Gasteiger partial charge in [0.2, 0.25) is 11.8 Å². The third kappa shape index (κ3) is 4.86. The molecule has 3 aromatic rings. The highest BCUT2D eigenvalue weighted by molar-refractivity contribution is 5.73. The lowest BCUT2D eigenvalue weighted by Gasteiger charge is -2.12. The van der Waals surface area contributed by atoms with E-state index in [9.17, 15) is 4.79 Å². The highest BCUT2D eigenvalue weighted by Gasteiger charge is 2.06. The topological polar surface area (TPSA) is 77.0 Å². The Labute approximate surface area is 152 Å². The van der Waals surface area contributed by atoms with E-state index in [4.69, 9.17) is 4.74 Å². The smallest absolute Gasteiger partial charge is 0.219 e. The molecule has 0 aliphatic carbocycles. The summed E-state index contributed by atoms with van der Waals surface area (Å²) in [7, 11) is 0. The Kier molecular flexibility index (Phi) is 5.53. The minimum Gasteiger partial charge on any atom is -0.436 e. The Morgan fingerprint density at radius 3 is 2.35 bits per heavy atom. The minimum absolute atomic E-state index is 0.00966. The number of hydrogen-bond donors (Lipinski definition) is 1. The predicted molar refractivity (Wildman–Crippen MR) is 98.8 cm³/mol. The third-order valence-corrected chi connectivity index (χ3v) is 3.77. The second kappa shape index (κ2) is 8.20. The number of nitrogens with zero attached hydrogens (tertiary/aromatic N) is 3. The average Bonchev–Trinajstić information content (AvgIpc) is 2.63. The van der Waals surface area contributed by atoms with E-state index < -0.39 is 0 Å². The zero-order chi connectivity index (χ0) is 18.4. The SMILES string of the molecule is CC(=O)NC(C)Cc1ccc(-c2ccc(Oc3cncnc3)nc2)cc1. The number of aromatic nitrogens is 3. The summed E-state index contributed by atoms with van der Waals surface area (Å²) in [5.41, 5.74) is 3.25. The van der Waals surface area contributed by atoms with Crippen molar-refractivity contribution in [2.24, 2.45) is 0 Å². The lowest BCUT2D eigenvalue weighted by molar-refractivity contribution is -0.119. The van der Waals surface area contributed by atoms with Crippen molar-refractivity contribution in [3.8, 4) is 22.8 Å². The van der Waals surface area contributed by atoms with Gasteiger partial charge in [0.05, 0.1) is 12.4 Å². The largest absolute Gasteiger partial charge is 0.436 e. The summed E-state index contributed by atoms with van der Waals surface area (Å²) in [4.78, 5) is 23.2. The molecular formula is C20H20N4O2. The molecule has 0 aliphatic rings. The predicted octanol–water partition coefficient (Wildman–Crippen LogP) is 3.40. The summed E-state index contributed by atoms with van der Waals surface area (Å²) in [6.07, 6.45) is 7.19. The molecule has 132 valence electrons. The van der Waals surface area contributed by atoms with Crippen LogP contribution in [0.25, 0.3) is 11.1 Å². The van der Waals surface area contributed by atoms with Gasteiger partial charge in [-0.2, -0.15) is 0 Å². The molecule has 1 atom stereocenters. The normalized spacial score (nSPS) is 11.6. The Bertz CT molecular complexity index is 849. The lowest BCUT2D eigenvalue weighted by atomic mass is 10.0. The monoisotopic (exact) mass is 348 g/mol. The van der Waals surface area contributed by atoms with Gasteiger partial charge in [-0.3, -0.25) is 4.79 Å². The van der Waals surface area contributed by atoms with Crippen LogP contribution in [0.15, 0.2) is 61.3 Å². The molecule has 26 heavy (non-hydrogen) atoms. The maximum atomic E-state index is 11.1. The Morgan fingerprint density at radius 2 is 1.73 bits per heavy atom. The molecule has 6 heteroatoms. The van der Waals surface area contributed by atoms with Gasteiger partial charge in [0.1, 0.15) is 6.33 Å². The number of rotatable bonds is 6. The van der Waals surface area contributed by atoms with E-state index in [-0.39, 0.29) is 11.9 Å². The van der Waals surface area contributed by atoms with E-state index in [1.165, 1.54) is 18.8 Å². The highest BCUT2D eigenvalue weighted by Crippen LogP contribution is 2.23. The summed E-state index contributed by atoms with van der Waals surface area (Å²) < 4.78 is 5.59. The first-order valence-corrected chi connectivity index (χ1v) is 8.35. The Morgan fingerprint density at radius 1 is 1.04 bits per heavy atom. The van der Waals surface area contributed by atoms with Gasteiger partial charge in [-0.15, -0.1) is 0 Å². The molecule has 2 aromatic heterocycles. The molecule has 0 bridgehead atoms. The van der Waals surface area contributed by atoms with Gasteiger partial charge >= 0.3 is 0 Å². The summed E-state index contributed by atoms with van der Waals surface area (Å²) in [6.45, 7) is 3.53. The number of amides is 1. The number of benzene rings is 1. The quantitative estimate of drug-likeness (QED) is 0.739. The number of pyridine rings is 1. The van der Waals surface area contributed by atoms with Crippen molar-refractivity contribution in [3.63, 3.8) is 0 Å². The van der Waals surface area contributed by atoms with Crippen molar-refractivity contribution in [2.45, 2.75) is 26.3 Å². The van der Waals surface area contributed by atoms with E-state index >= 15 is 0 Å². The van der Waals surface area contributed by atoms with E-state index in [1.807, 2.05) is 19.1 Å². The molecule has 3 rings (SSSR count). The van der Waals surface area contributed by atoms with Gasteiger partial charge in [0, 0.05) is 30.8 Å². The van der Waals surface area contributed by atoms with Gasteiger partial charge in [-0.05, 0) is 30.5 Å². The maximum absolute atomic E-state index is 11.1. The molecule has 1 unspecified atom stereocenters. The molecule has 1 N–H and O–H groups in total.